The molecule has 16 heteroatoms. The van der Waals surface area contributed by atoms with Gasteiger partial charge in [0, 0.05) is 25.8 Å². The van der Waals surface area contributed by atoms with E-state index in [-0.39, 0.29) is 57.4 Å². The van der Waals surface area contributed by atoms with Crippen molar-refractivity contribution in [2.24, 2.45) is 13.0 Å². The topological polar surface area (TPSA) is 154 Å². The lowest BCUT2D eigenvalue weighted by atomic mass is 9.94. The largest absolute Gasteiger partial charge is 0.453 e. The van der Waals surface area contributed by atoms with Gasteiger partial charge in [-0.25, -0.2) is 19.9 Å². The second kappa shape index (κ2) is 8.01. The lowest BCUT2D eigenvalue weighted by molar-refractivity contribution is -0.284. The molecule has 1 atom stereocenters. The van der Waals surface area contributed by atoms with Crippen molar-refractivity contribution in [1.29, 1.82) is 0 Å². The fourth-order valence-electron chi connectivity index (χ4n) is 4.09. The van der Waals surface area contributed by atoms with Crippen LogP contribution in [0, 0.1) is 5.92 Å². The van der Waals surface area contributed by atoms with Crippen LogP contribution in [0.1, 0.15) is 37.6 Å². The maximum absolute atomic E-state index is 13.5. The zero-order valence-corrected chi connectivity index (χ0v) is 19.5. The molecular weight excluding hydrogens is 505 g/mol. The molecule has 1 aliphatic carbocycles. The number of nitrogens with zero attached hydrogens (tertiary/aromatic N) is 6. The number of aromatic nitrogens is 6. The van der Waals surface area contributed by atoms with Crippen molar-refractivity contribution >= 4 is 34.5 Å². The van der Waals surface area contributed by atoms with E-state index in [1.54, 1.807) is 0 Å². The van der Waals surface area contributed by atoms with Gasteiger partial charge in [0.25, 0.3) is 5.91 Å². The first-order valence-electron chi connectivity index (χ1n) is 11.2. The Labute approximate surface area is 205 Å². The first kappa shape index (κ1) is 24.7. The summed E-state index contributed by atoms with van der Waals surface area (Å²) in [5, 5.41) is 9.57. The molecule has 1 fully saturated rings. The molecule has 4 heterocycles. The normalized spacial score (nSPS) is 19.7. The number of alkyl halides is 5. The number of amides is 2. The average molecular weight is 525 g/mol. The zero-order valence-electron chi connectivity index (χ0n) is 19.5. The number of carbonyl (C=O) groups excluding carboxylic acids is 2. The Balaban J connectivity index is 1.55. The highest BCUT2D eigenvalue weighted by atomic mass is 19.4. The van der Waals surface area contributed by atoms with Crippen molar-refractivity contribution in [2.45, 2.75) is 50.2 Å². The van der Waals surface area contributed by atoms with E-state index in [0.29, 0.717) is 12.8 Å². The molecular formula is C21H20F5N9O2. The Morgan fingerprint density at radius 1 is 1.22 bits per heavy atom. The lowest BCUT2D eigenvalue weighted by Gasteiger charge is -2.24. The predicted molar refractivity (Wildman–Crippen MR) is 118 cm³/mol. The van der Waals surface area contributed by atoms with Crippen molar-refractivity contribution in [1.82, 2.24) is 35.0 Å². The van der Waals surface area contributed by atoms with Crippen LogP contribution >= 0.6 is 0 Å². The summed E-state index contributed by atoms with van der Waals surface area (Å²) in [7, 11) is 1.50. The minimum atomic E-state index is -5.72. The number of fused-ring (bicyclic) bond motifs is 2. The molecule has 4 N–H and O–H groups in total. The smallest absolute Gasteiger partial charge is 0.383 e. The van der Waals surface area contributed by atoms with E-state index in [9.17, 15) is 31.5 Å². The number of carbonyl (C=O) groups is 2. The van der Waals surface area contributed by atoms with Crippen LogP contribution in [0.25, 0.3) is 22.6 Å². The van der Waals surface area contributed by atoms with Crippen LogP contribution in [-0.2, 0) is 28.6 Å². The molecule has 1 unspecified atom stereocenters. The number of hydrogen-bond donors (Lipinski definition) is 3. The first-order valence-corrected chi connectivity index (χ1v) is 11.2. The van der Waals surface area contributed by atoms with Gasteiger partial charge in [0.05, 0.1) is 17.1 Å². The predicted octanol–water partition coefficient (Wildman–Crippen LogP) is 2.23. The van der Waals surface area contributed by atoms with Gasteiger partial charge in [0.15, 0.2) is 11.5 Å². The summed E-state index contributed by atoms with van der Waals surface area (Å²) in [6.45, 7) is 1.47. The molecule has 5 rings (SSSR count). The van der Waals surface area contributed by atoms with Gasteiger partial charge in [-0.2, -0.15) is 27.1 Å². The first-order chi connectivity index (χ1) is 17.2. The van der Waals surface area contributed by atoms with E-state index in [1.165, 1.54) is 24.9 Å². The van der Waals surface area contributed by atoms with Crippen molar-refractivity contribution in [2.75, 3.05) is 11.1 Å². The zero-order chi connectivity index (χ0) is 26.9. The van der Waals surface area contributed by atoms with E-state index in [2.05, 4.69) is 35.7 Å². The minimum absolute atomic E-state index is 0.00639. The average Bonchev–Trinajstić information content (AvgIpc) is 3.55. The third kappa shape index (κ3) is 4.09. The molecule has 1 saturated carbocycles. The summed E-state index contributed by atoms with van der Waals surface area (Å²) in [5.74, 6) is -6.61. The van der Waals surface area contributed by atoms with Gasteiger partial charge in [0.2, 0.25) is 5.91 Å². The summed E-state index contributed by atoms with van der Waals surface area (Å²) < 4.78 is 66.2. The fourth-order valence-corrected chi connectivity index (χ4v) is 4.09. The molecule has 0 radical (unpaired) electrons. The van der Waals surface area contributed by atoms with Gasteiger partial charge < -0.3 is 16.4 Å². The highest BCUT2D eigenvalue weighted by Crippen LogP contribution is 2.41. The van der Waals surface area contributed by atoms with Gasteiger partial charge in [0.1, 0.15) is 28.7 Å². The quantitative estimate of drug-likeness (QED) is 0.414. The van der Waals surface area contributed by atoms with Gasteiger partial charge in [-0.1, -0.05) is 0 Å². The van der Waals surface area contributed by atoms with Gasteiger partial charge in [-0.05, 0) is 19.8 Å². The number of nitrogens with one attached hydrogen (secondary N) is 2. The number of nitrogens with two attached hydrogens (primary N) is 1. The molecule has 196 valence electrons. The van der Waals surface area contributed by atoms with Crippen LogP contribution < -0.4 is 16.4 Å². The molecule has 11 nitrogen and oxygen atoms in total. The number of anilines is 2. The summed E-state index contributed by atoms with van der Waals surface area (Å²) in [6.07, 6.45) is -5.31. The second-order valence-electron chi connectivity index (χ2n) is 9.19. The van der Waals surface area contributed by atoms with Gasteiger partial charge >= 0.3 is 12.1 Å². The Kier molecular flexibility index (Phi) is 5.35. The third-order valence-corrected chi connectivity index (χ3v) is 6.37. The standard InChI is InChI=1S/C21H20F5N9O2/c1-19(34-17(36)8-3-4-8)11-13(27)31-15(32-14(11)33-18(19)37)12-9-7-28-35(2)16(9)30-10(29-12)5-6-20(22,23)21(24,25)26/h7-8H,3-6H2,1-2H3,(H,34,36)(H3,27,31,32,33,37). The Hall–Kier alpha value is -3.98. The van der Waals surface area contributed by atoms with E-state index in [0.717, 1.165) is 0 Å². The molecule has 2 aliphatic rings. The Morgan fingerprint density at radius 3 is 2.57 bits per heavy atom. The monoisotopic (exact) mass is 525 g/mol. The van der Waals surface area contributed by atoms with Crippen LogP contribution in [0.15, 0.2) is 6.20 Å². The van der Waals surface area contributed by atoms with Crippen LogP contribution in [0.5, 0.6) is 0 Å². The Bertz CT molecular complexity index is 1450. The second-order valence-corrected chi connectivity index (χ2v) is 9.19. The third-order valence-electron chi connectivity index (χ3n) is 6.37. The van der Waals surface area contributed by atoms with Gasteiger partial charge in [-0.15, -0.1) is 0 Å². The summed E-state index contributed by atoms with van der Waals surface area (Å²) >= 11 is 0. The van der Waals surface area contributed by atoms with Crippen LogP contribution in [0.3, 0.4) is 0 Å². The highest BCUT2D eigenvalue weighted by molar-refractivity contribution is 6.08. The number of hydrogen-bond acceptors (Lipinski definition) is 8. The molecule has 1 aliphatic heterocycles. The van der Waals surface area contributed by atoms with Crippen molar-refractivity contribution in [3.8, 4) is 11.5 Å². The van der Waals surface area contributed by atoms with E-state index in [1.807, 2.05) is 0 Å². The highest BCUT2D eigenvalue weighted by Gasteiger charge is 2.56. The van der Waals surface area contributed by atoms with Crippen LogP contribution in [0.2, 0.25) is 0 Å². The van der Waals surface area contributed by atoms with Gasteiger partial charge in [-0.3, -0.25) is 14.3 Å². The van der Waals surface area contributed by atoms with Crippen molar-refractivity contribution in [3.63, 3.8) is 0 Å². The van der Waals surface area contributed by atoms with E-state index >= 15 is 0 Å². The van der Waals surface area contributed by atoms with E-state index < -0.39 is 36.4 Å². The fraction of sp³-hybridized carbons (Fsp3) is 0.476. The van der Waals surface area contributed by atoms with E-state index in [4.69, 9.17) is 5.73 Å². The van der Waals surface area contributed by atoms with Crippen LogP contribution in [0.4, 0.5) is 33.6 Å². The molecule has 2 amide bonds. The molecule has 3 aromatic heterocycles. The lowest BCUT2D eigenvalue weighted by Crippen LogP contribution is -2.49. The molecule has 37 heavy (non-hydrogen) atoms. The summed E-state index contributed by atoms with van der Waals surface area (Å²) in [6, 6.07) is 0. The van der Waals surface area contributed by atoms with Crippen molar-refractivity contribution in [3.05, 3.63) is 17.6 Å². The maximum atomic E-state index is 13.5. The minimum Gasteiger partial charge on any atom is -0.383 e. The Morgan fingerprint density at radius 2 is 1.92 bits per heavy atom. The molecule has 0 saturated heterocycles. The molecule has 0 aromatic carbocycles. The number of nitrogen functional groups attached to an aromatic ring is 1. The molecule has 0 bridgehead atoms. The van der Waals surface area contributed by atoms with Crippen molar-refractivity contribution < 1.29 is 31.5 Å². The SMILES string of the molecule is Cn1ncc2c(-c3nc(N)c4c(n3)NC(=O)C4(C)NC(=O)C3CC3)nc(CCC(F)(F)C(F)(F)F)nc21. The molecule has 0 spiro atoms. The van der Waals surface area contributed by atoms with Crippen LogP contribution in [-0.4, -0.2) is 53.6 Å². The molecule has 3 aromatic rings. The number of rotatable bonds is 6. The summed E-state index contributed by atoms with van der Waals surface area (Å²) in [4.78, 5) is 42.0. The number of aryl methyl sites for hydroxylation is 2. The number of halogens is 5. The maximum Gasteiger partial charge on any atom is 0.453 e. The summed E-state index contributed by atoms with van der Waals surface area (Å²) in [5.41, 5.74) is 4.92.